The van der Waals surface area contributed by atoms with Crippen LogP contribution in [0.2, 0.25) is 0 Å². The van der Waals surface area contributed by atoms with E-state index in [1.807, 2.05) is 42.5 Å². The molecule has 4 N–H and O–H groups in total. The Hall–Kier alpha value is -2.08. The molecule has 5 heteroatoms. The van der Waals surface area contributed by atoms with Crippen LogP contribution in [0.3, 0.4) is 0 Å². The lowest BCUT2D eigenvalue weighted by atomic mass is 10.2. The van der Waals surface area contributed by atoms with Gasteiger partial charge in [-0.3, -0.25) is 0 Å². The maximum absolute atomic E-state index is 9.65. The van der Waals surface area contributed by atoms with Gasteiger partial charge in [0.05, 0.1) is 0 Å². The van der Waals surface area contributed by atoms with Gasteiger partial charge in [0.1, 0.15) is 11.5 Å². The van der Waals surface area contributed by atoms with Crippen molar-refractivity contribution in [1.82, 2.24) is 10.6 Å². The second kappa shape index (κ2) is 9.04. The highest BCUT2D eigenvalue weighted by Gasteiger charge is 2.02. The van der Waals surface area contributed by atoms with Crippen molar-refractivity contribution in [1.29, 1.82) is 0 Å². The summed E-state index contributed by atoms with van der Waals surface area (Å²) in [6, 6.07) is 14.9. The summed E-state index contributed by atoms with van der Waals surface area (Å²) in [5, 5.41) is 25.1. The Bertz CT molecular complexity index is 575. The molecule has 0 atom stereocenters. The highest BCUT2D eigenvalue weighted by molar-refractivity contribution is 5.33. The number of aliphatic hydroxyl groups excluding tert-OH is 1. The van der Waals surface area contributed by atoms with Crippen molar-refractivity contribution < 1.29 is 14.9 Å². The minimum atomic E-state index is -0.320. The molecule has 2 aromatic rings. The van der Waals surface area contributed by atoms with Crippen molar-refractivity contribution >= 4 is 0 Å². The largest absolute Gasteiger partial charge is 0.508 e. The van der Waals surface area contributed by atoms with Gasteiger partial charge in [0.25, 0.3) is 0 Å². The van der Waals surface area contributed by atoms with Crippen molar-refractivity contribution in [3.8, 4) is 11.5 Å². The van der Waals surface area contributed by atoms with Crippen LogP contribution in [0.5, 0.6) is 11.5 Å². The third kappa shape index (κ3) is 5.04. The summed E-state index contributed by atoms with van der Waals surface area (Å²) in [4.78, 5) is 0. The average Bonchev–Trinajstić information content (AvgIpc) is 2.54. The number of phenolic OH excluding ortho intramolecular Hbond substituents is 1. The number of aliphatic hydroxyl groups is 1. The molecule has 5 nitrogen and oxygen atoms in total. The fraction of sp³-hybridized carbons (Fsp3) is 0.294. The molecule has 22 heavy (non-hydrogen) atoms. The van der Waals surface area contributed by atoms with Gasteiger partial charge in [-0.05, 0) is 12.1 Å². The Morgan fingerprint density at radius 2 is 1.41 bits per heavy atom. The van der Waals surface area contributed by atoms with Crippen molar-refractivity contribution in [3.05, 3.63) is 59.7 Å². The monoisotopic (exact) mass is 302 g/mol. The van der Waals surface area contributed by atoms with E-state index in [1.54, 1.807) is 6.07 Å². The van der Waals surface area contributed by atoms with Crippen LogP contribution in [0.15, 0.2) is 48.5 Å². The van der Waals surface area contributed by atoms with Gasteiger partial charge >= 0.3 is 0 Å². The lowest BCUT2D eigenvalue weighted by Gasteiger charge is -2.11. The Kier molecular flexibility index (Phi) is 6.70. The molecule has 0 aliphatic rings. The van der Waals surface area contributed by atoms with Gasteiger partial charge in [0.2, 0.25) is 0 Å². The number of hydrogen-bond donors (Lipinski definition) is 4. The zero-order valence-corrected chi connectivity index (χ0v) is 12.5. The molecule has 0 radical (unpaired) electrons. The fourth-order valence-electron chi connectivity index (χ4n) is 2.14. The van der Waals surface area contributed by atoms with Crippen molar-refractivity contribution in [2.75, 3.05) is 19.9 Å². The number of phenols is 1. The predicted octanol–water partition coefficient (Wildman–Crippen LogP) is 1.60. The van der Waals surface area contributed by atoms with Gasteiger partial charge in [-0.15, -0.1) is 0 Å². The number of para-hydroxylation sites is 2. The molecule has 0 spiro atoms. The first-order chi connectivity index (χ1) is 10.8. The first-order valence-corrected chi connectivity index (χ1v) is 7.31. The molecule has 0 heterocycles. The van der Waals surface area contributed by atoms with Crippen molar-refractivity contribution in [2.45, 2.75) is 13.1 Å². The van der Waals surface area contributed by atoms with E-state index in [1.165, 1.54) is 0 Å². The van der Waals surface area contributed by atoms with Crippen LogP contribution < -0.4 is 15.4 Å². The molecule has 0 aliphatic carbocycles. The van der Waals surface area contributed by atoms with E-state index in [-0.39, 0.29) is 6.79 Å². The van der Waals surface area contributed by atoms with Gasteiger partial charge in [0.15, 0.2) is 6.79 Å². The van der Waals surface area contributed by atoms with E-state index in [0.717, 1.165) is 24.2 Å². The Morgan fingerprint density at radius 1 is 0.818 bits per heavy atom. The Balaban J connectivity index is 1.66. The molecule has 0 fully saturated rings. The Labute approximate surface area is 130 Å². The summed E-state index contributed by atoms with van der Waals surface area (Å²) in [5.41, 5.74) is 1.90. The molecule has 2 aromatic carbocycles. The molecule has 0 aromatic heterocycles. The topological polar surface area (TPSA) is 73.8 Å². The normalized spacial score (nSPS) is 10.6. The van der Waals surface area contributed by atoms with E-state index in [9.17, 15) is 5.11 Å². The fourth-order valence-corrected chi connectivity index (χ4v) is 2.14. The smallest absolute Gasteiger partial charge is 0.186 e. The second-order valence-corrected chi connectivity index (χ2v) is 4.86. The minimum Gasteiger partial charge on any atom is -0.508 e. The van der Waals surface area contributed by atoms with E-state index >= 15 is 0 Å². The highest BCUT2D eigenvalue weighted by Crippen LogP contribution is 2.17. The molecule has 118 valence electrons. The van der Waals surface area contributed by atoms with Gasteiger partial charge < -0.3 is 25.6 Å². The van der Waals surface area contributed by atoms with Crippen LogP contribution in [0.1, 0.15) is 11.1 Å². The number of aromatic hydroxyl groups is 1. The second-order valence-electron chi connectivity index (χ2n) is 4.86. The molecule has 0 saturated heterocycles. The van der Waals surface area contributed by atoms with Crippen LogP contribution in [0.4, 0.5) is 0 Å². The third-order valence-corrected chi connectivity index (χ3v) is 3.29. The SMILES string of the molecule is OCOc1ccccc1CNCCNCc1ccccc1O. The van der Waals surface area contributed by atoms with Crippen molar-refractivity contribution in [3.63, 3.8) is 0 Å². The van der Waals surface area contributed by atoms with Crippen LogP contribution in [-0.2, 0) is 13.1 Å². The number of rotatable bonds is 9. The van der Waals surface area contributed by atoms with Gasteiger partial charge in [0, 0.05) is 37.3 Å². The maximum Gasteiger partial charge on any atom is 0.186 e. The number of benzene rings is 2. The minimum absolute atomic E-state index is 0.318. The highest BCUT2D eigenvalue weighted by atomic mass is 16.6. The molecule has 0 saturated carbocycles. The van der Waals surface area contributed by atoms with Gasteiger partial charge in [-0.2, -0.15) is 0 Å². The van der Waals surface area contributed by atoms with E-state index in [2.05, 4.69) is 10.6 Å². The summed E-state index contributed by atoms with van der Waals surface area (Å²) in [6.45, 7) is 2.57. The summed E-state index contributed by atoms with van der Waals surface area (Å²) >= 11 is 0. The standard InChI is InChI=1S/C17H22N2O3/c20-13-22-17-8-4-2-6-15(17)12-19-10-9-18-11-14-5-1-3-7-16(14)21/h1-8,18-21H,9-13H2. The van der Waals surface area contributed by atoms with Gasteiger partial charge in [-0.1, -0.05) is 36.4 Å². The quantitative estimate of drug-likeness (QED) is 0.418. The first kappa shape index (κ1) is 16.3. The molecular weight excluding hydrogens is 280 g/mol. The van der Waals surface area contributed by atoms with Gasteiger partial charge in [-0.25, -0.2) is 0 Å². The molecule has 0 amide bonds. The number of nitrogens with one attached hydrogen (secondary N) is 2. The molecular formula is C17H22N2O3. The van der Waals surface area contributed by atoms with E-state index in [4.69, 9.17) is 9.84 Å². The molecule has 2 rings (SSSR count). The van der Waals surface area contributed by atoms with Crippen LogP contribution in [0, 0.1) is 0 Å². The predicted molar refractivity (Wildman–Crippen MR) is 85.7 cm³/mol. The Morgan fingerprint density at radius 3 is 2.09 bits per heavy atom. The summed E-state index contributed by atoms with van der Waals surface area (Å²) in [6.07, 6.45) is 0. The summed E-state index contributed by atoms with van der Waals surface area (Å²) < 4.78 is 5.16. The molecule has 0 unspecified atom stereocenters. The molecule has 0 aliphatic heterocycles. The summed E-state index contributed by atoms with van der Waals surface area (Å²) in [7, 11) is 0. The first-order valence-electron chi connectivity index (χ1n) is 7.31. The zero-order valence-electron chi connectivity index (χ0n) is 12.5. The van der Waals surface area contributed by atoms with Crippen molar-refractivity contribution in [2.24, 2.45) is 0 Å². The third-order valence-electron chi connectivity index (χ3n) is 3.29. The lowest BCUT2D eigenvalue weighted by Crippen LogP contribution is -2.26. The van der Waals surface area contributed by atoms with Crippen LogP contribution in [-0.4, -0.2) is 30.1 Å². The molecule has 0 bridgehead atoms. The maximum atomic E-state index is 9.65. The summed E-state index contributed by atoms with van der Waals surface area (Å²) in [5.74, 6) is 1.01. The van der Waals surface area contributed by atoms with Crippen LogP contribution >= 0.6 is 0 Å². The average molecular weight is 302 g/mol. The van der Waals surface area contributed by atoms with E-state index in [0.29, 0.717) is 24.6 Å². The lowest BCUT2D eigenvalue weighted by molar-refractivity contribution is 0.0974. The number of hydrogen-bond acceptors (Lipinski definition) is 5. The number of ether oxygens (including phenoxy) is 1. The van der Waals surface area contributed by atoms with Crippen LogP contribution in [0.25, 0.3) is 0 Å². The zero-order chi connectivity index (χ0) is 15.6. The van der Waals surface area contributed by atoms with E-state index < -0.39 is 0 Å².